The summed E-state index contributed by atoms with van der Waals surface area (Å²) in [6.07, 6.45) is 7.96. The van der Waals surface area contributed by atoms with Gasteiger partial charge in [0, 0.05) is 12.6 Å². The van der Waals surface area contributed by atoms with Gasteiger partial charge in [-0.2, -0.15) is 0 Å². The van der Waals surface area contributed by atoms with E-state index in [2.05, 4.69) is 13.8 Å². The molecule has 0 aliphatic heterocycles. The lowest BCUT2D eigenvalue weighted by Gasteiger charge is -2.35. The van der Waals surface area contributed by atoms with Gasteiger partial charge in [0.1, 0.15) is 0 Å². The van der Waals surface area contributed by atoms with Gasteiger partial charge in [-0.3, -0.25) is 4.79 Å². The van der Waals surface area contributed by atoms with Crippen LogP contribution in [0.5, 0.6) is 0 Å². The number of hydrogen-bond donors (Lipinski definition) is 1. The Morgan fingerprint density at radius 2 is 1.88 bits per heavy atom. The van der Waals surface area contributed by atoms with Crippen molar-refractivity contribution in [1.29, 1.82) is 0 Å². The summed E-state index contributed by atoms with van der Waals surface area (Å²) in [6.45, 7) is 4.94. The van der Waals surface area contributed by atoms with Crippen molar-refractivity contribution in [3.63, 3.8) is 0 Å². The molecular formula is C13H27ClN2O. The number of carbonyl (C=O) groups excluding carboxylic acids is 1. The minimum atomic E-state index is -0.285. The van der Waals surface area contributed by atoms with E-state index in [1.165, 1.54) is 32.1 Å². The second kappa shape index (κ2) is 8.76. The molecule has 0 aromatic carbocycles. The van der Waals surface area contributed by atoms with Crippen LogP contribution < -0.4 is 5.73 Å². The van der Waals surface area contributed by atoms with Crippen LogP contribution >= 0.6 is 12.4 Å². The zero-order valence-corrected chi connectivity index (χ0v) is 12.0. The lowest BCUT2D eigenvalue weighted by Crippen LogP contribution is -2.49. The van der Waals surface area contributed by atoms with Crippen molar-refractivity contribution >= 4 is 18.3 Å². The monoisotopic (exact) mass is 262 g/mol. The maximum absolute atomic E-state index is 12.2. The number of amides is 1. The second-order valence-corrected chi connectivity index (χ2v) is 4.81. The first-order chi connectivity index (χ1) is 7.70. The highest BCUT2D eigenvalue weighted by atomic mass is 35.5. The first-order valence-corrected chi connectivity index (χ1v) is 6.76. The normalized spacial score (nSPS) is 18.3. The highest BCUT2D eigenvalue weighted by Gasteiger charge is 2.26. The molecule has 102 valence electrons. The molecule has 0 radical (unpaired) electrons. The van der Waals surface area contributed by atoms with Gasteiger partial charge in [-0.25, -0.2) is 0 Å². The van der Waals surface area contributed by atoms with E-state index in [-0.39, 0.29) is 24.4 Å². The molecule has 17 heavy (non-hydrogen) atoms. The lowest BCUT2D eigenvalue weighted by molar-refractivity contribution is -0.135. The predicted molar refractivity (Wildman–Crippen MR) is 74.4 cm³/mol. The van der Waals surface area contributed by atoms with E-state index in [9.17, 15) is 4.79 Å². The molecule has 1 saturated carbocycles. The van der Waals surface area contributed by atoms with Crippen LogP contribution in [0.2, 0.25) is 0 Å². The van der Waals surface area contributed by atoms with Gasteiger partial charge >= 0.3 is 0 Å². The molecule has 1 aliphatic carbocycles. The molecule has 1 atom stereocenters. The Morgan fingerprint density at radius 1 is 1.29 bits per heavy atom. The molecule has 1 amide bonds. The summed E-state index contributed by atoms with van der Waals surface area (Å²) >= 11 is 0. The van der Waals surface area contributed by atoms with E-state index in [1.54, 1.807) is 0 Å². The number of likely N-dealkylation sites (N-methyl/N-ethyl adjacent to an activating group) is 1. The van der Waals surface area contributed by atoms with Crippen molar-refractivity contribution in [3.05, 3.63) is 0 Å². The fraction of sp³-hybridized carbons (Fsp3) is 0.923. The minimum absolute atomic E-state index is 0. The summed E-state index contributed by atoms with van der Waals surface area (Å²) < 4.78 is 0. The molecule has 0 aromatic rings. The molecular weight excluding hydrogens is 236 g/mol. The van der Waals surface area contributed by atoms with Crippen molar-refractivity contribution in [3.8, 4) is 0 Å². The molecule has 3 nitrogen and oxygen atoms in total. The third kappa shape index (κ3) is 4.84. The van der Waals surface area contributed by atoms with Gasteiger partial charge in [0.25, 0.3) is 0 Å². The van der Waals surface area contributed by atoms with Crippen molar-refractivity contribution in [2.24, 2.45) is 5.73 Å². The Kier molecular flexibility index (Phi) is 8.61. The Bertz CT molecular complexity index is 217. The van der Waals surface area contributed by atoms with Crippen molar-refractivity contribution < 1.29 is 4.79 Å². The summed E-state index contributed by atoms with van der Waals surface area (Å²) in [4.78, 5) is 14.2. The Balaban J connectivity index is 0.00000256. The fourth-order valence-corrected chi connectivity index (χ4v) is 2.63. The Labute approximate surface area is 112 Å². The summed E-state index contributed by atoms with van der Waals surface area (Å²) in [5.41, 5.74) is 5.92. The molecule has 0 aromatic heterocycles. The van der Waals surface area contributed by atoms with Crippen LogP contribution in [0.15, 0.2) is 0 Å². The smallest absolute Gasteiger partial charge is 0.239 e. The molecule has 1 aliphatic rings. The predicted octanol–water partition coefficient (Wildman–Crippen LogP) is 2.72. The average molecular weight is 263 g/mol. The maximum atomic E-state index is 12.2. The van der Waals surface area contributed by atoms with Gasteiger partial charge in [-0.05, 0) is 26.2 Å². The number of carbonyl (C=O) groups is 1. The molecule has 1 rings (SSSR count). The molecule has 1 fully saturated rings. The van der Waals surface area contributed by atoms with Gasteiger partial charge in [0.15, 0.2) is 0 Å². The van der Waals surface area contributed by atoms with Gasteiger partial charge in [-0.1, -0.05) is 32.6 Å². The van der Waals surface area contributed by atoms with Crippen molar-refractivity contribution in [2.75, 3.05) is 6.54 Å². The second-order valence-electron chi connectivity index (χ2n) is 4.81. The van der Waals surface area contributed by atoms with Crippen LogP contribution in [-0.2, 0) is 4.79 Å². The third-order valence-electron chi connectivity index (χ3n) is 3.56. The number of hydrogen-bond acceptors (Lipinski definition) is 2. The van der Waals surface area contributed by atoms with E-state index in [4.69, 9.17) is 5.73 Å². The zero-order valence-electron chi connectivity index (χ0n) is 11.2. The summed E-state index contributed by atoms with van der Waals surface area (Å²) in [5, 5.41) is 0. The SMILES string of the molecule is CCCC(N)C(=O)N(CC)C1CCCCC1.Cl. The van der Waals surface area contributed by atoms with Crippen LogP contribution in [0.25, 0.3) is 0 Å². The van der Waals surface area contributed by atoms with Crippen molar-refractivity contribution in [1.82, 2.24) is 4.90 Å². The number of nitrogens with two attached hydrogens (primary N) is 1. The third-order valence-corrected chi connectivity index (χ3v) is 3.56. The van der Waals surface area contributed by atoms with E-state index >= 15 is 0 Å². The van der Waals surface area contributed by atoms with E-state index < -0.39 is 0 Å². The van der Waals surface area contributed by atoms with E-state index in [0.717, 1.165) is 19.4 Å². The molecule has 1 unspecified atom stereocenters. The topological polar surface area (TPSA) is 46.3 Å². The molecule has 0 spiro atoms. The number of rotatable bonds is 5. The van der Waals surface area contributed by atoms with Crippen LogP contribution in [0.1, 0.15) is 58.8 Å². The lowest BCUT2D eigenvalue weighted by atomic mass is 9.93. The molecule has 0 heterocycles. The summed E-state index contributed by atoms with van der Waals surface area (Å²) in [7, 11) is 0. The van der Waals surface area contributed by atoms with Crippen LogP contribution in [0.3, 0.4) is 0 Å². The summed E-state index contributed by atoms with van der Waals surface area (Å²) in [5.74, 6) is 0.163. The summed E-state index contributed by atoms with van der Waals surface area (Å²) in [6, 6.07) is 0.168. The first-order valence-electron chi connectivity index (χ1n) is 6.76. The van der Waals surface area contributed by atoms with E-state index in [1.807, 2.05) is 4.90 Å². The Morgan fingerprint density at radius 3 is 2.35 bits per heavy atom. The number of halogens is 1. The first kappa shape index (κ1) is 16.7. The average Bonchev–Trinajstić information content (AvgIpc) is 2.31. The quantitative estimate of drug-likeness (QED) is 0.828. The highest BCUT2D eigenvalue weighted by molar-refractivity contribution is 5.85. The van der Waals surface area contributed by atoms with Gasteiger partial charge in [0.2, 0.25) is 5.91 Å². The van der Waals surface area contributed by atoms with Gasteiger partial charge in [0.05, 0.1) is 6.04 Å². The number of nitrogens with zero attached hydrogens (tertiary/aromatic N) is 1. The van der Waals surface area contributed by atoms with Gasteiger partial charge in [-0.15, -0.1) is 12.4 Å². The fourth-order valence-electron chi connectivity index (χ4n) is 2.63. The maximum Gasteiger partial charge on any atom is 0.239 e. The molecule has 0 saturated heterocycles. The van der Waals surface area contributed by atoms with Crippen LogP contribution in [0, 0.1) is 0 Å². The molecule has 2 N–H and O–H groups in total. The standard InChI is InChI=1S/C13H26N2O.ClH/c1-3-8-12(14)13(16)15(4-2)11-9-6-5-7-10-11;/h11-12H,3-10,14H2,1-2H3;1H. The van der Waals surface area contributed by atoms with E-state index in [0.29, 0.717) is 6.04 Å². The Hall–Kier alpha value is -0.280. The van der Waals surface area contributed by atoms with Crippen LogP contribution in [-0.4, -0.2) is 29.4 Å². The molecule has 0 bridgehead atoms. The van der Waals surface area contributed by atoms with Crippen LogP contribution in [0.4, 0.5) is 0 Å². The zero-order chi connectivity index (χ0) is 12.0. The van der Waals surface area contributed by atoms with Crippen molar-refractivity contribution in [2.45, 2.75) is 70.9 Å². The molecule has 4 heteroatoms. The minimum Gasteiger partial charge on any atom is -0.339 e. The highest BCUT2D eigenvalue weighted by Crippen LogP contribution is 2.23. The van der Waals surface area contributed by atoms with Gasteiger partial charge < -0.3 is 10.6 Å². The largest absolute Gasteiger partial charge is 0.339 e.